The van der Waals surface area contributed by atoms with Crippen LogP contribution in [0.15, 0.2) is 6.20 Å². The highest BCUT2D eigenvalue weighted by Crippen LogP contribution is 2.42. The summed E-state index contributed by atoms with van der Waals surface area (Å²) in [5, 5.41) is 6.93. The molecule has 3 atom stereocenters. The lowest BCUT2D eigenvalue weighted by molar-refractivity contribution is -0.175. The van der Waals surface area contributed by atoms with Gasteiger partial charge in [0.25, 0.3) is 0 Å². The molecular formula is C19H27F3N4O3. The molecule has 3 heterocycles. The summed E-state index contributed by atoms with van der Waals surface area (Å²) in [6, 6.07) is -2.36. The zero-order valence-electron chi connectivity index (χ0n) is 16.8. The number of aromatic nitrogens is 2. The van der Waals surface area contributed by atoms with Gasteiger partial charge in [-0.05, 0) is 32.1 Å². The Kier molecular flexibility index (Phi) is 6.09. The topological polar surface area (TPSA) is 76.5 Å². The van der Waals surface area contributed by atoms with Crippen LogP contribution in [0.1, 0.15) is 56.4 Å². The van der Waals surface area contributed by atoms with Crippen LogP contribution in [0.2, 0.25) is 0 Å². The van der Waals surface area contributed by atoms with Crippen LogP contribution in [0, 0.1) is 11.8 Å². The summed E-state index contributed by atoms with van der Waals surface area (Å²) in [6.07, 6.45) is -2.13. The Balaban J connectivity index is 1.88. The zero-order valence-corrected chi connectivity index (χ0v) is 16.8. The lowest BCUT2D eigenvalue weighted by Gasteiger charge is -2.42. The number of anilines is 1. The van der Waals surface area contributed by atoms with Gasteiger partial charge in [-0.15, -0.1) is 0 Å². The standard InChI is InChI=1S/C19H27F3N4O3/c1-4-29-18(28)13-9-23-26-15(19(20,21)22)8-14(24-16(13)26)12-6-5-7-25(10-12)17(27)11(2)3/h9,11-12,14-15,24H,4-8,10H2,1-3H3/t12?,14-,15+/m0/s1. The van der Waals surface area contributed by atoms with Crippen LogP contribution < -0.4 is 5.32 Å². The molecule has 1 unspecified atom stereocenters. The average Bonchev–Trinajstić information content (AvgIpc) is 3.10. The van der Waals surface area contributed by atoms with Crippen LogP contribution in [-0.2, 0) is 9.53 Å². The summed E-state index contributed by atoms with van der Waals surface area (Å²) in [4.78, 5) is 26.3. The van der Waals surface area contributed by atoms with E-state index in [0.29, 0.717) is 19.5 Å². The molecule has 1 aromatic rings. The number of ether oxygens (including phenoxy) is 1. The van der Waals surface area contributed by atoms with Gasteiger partial charge in [-0.2, -0.15) is 18.3 Å². The Labute approximate surface area is 167 Å². The molecule has 0 aliphatic carbocycles. The molecule has 3 rings (SSSR count). The van der Waals surface area contributed by atoms with Gasteiger partial charge < -0.3 is 15.0 Å². The third kappa shape index (κ3) is 4.35. The van der Waals surface area contributed by atoms with E-state index in [2.05, 4.69) is 10.4 Å². The zero-order chi connectivity index (χ0) is 21.3. The number of halogens is 3. The maximum atomic E-state index is 13.8. The van der Waals surface area contributed by atoms with E-state index in [0.717, 1.165) is 17.3 Å². The predicted molar refractivity (Wildman–Crippen MR) is 99.4 cm³/mol. The van der Waals surface area contributed by atoms with Crippen molar-refractivity contribution in [3.8, 4) is 0 Å². The van der Waals surface area contributed by atoms with E-state index >= 15 is 0 Å². The minimum absolute atomic E-state index is 0.00303. The number of carbonyl (C=O) groups excluding carboxylic acids is 2. The van der Waals surface area contributed by atoms with Gasteiger partial charge in [0.05, 0.1) is 12.8 Å². The minimum Gasteiger partial charge on any atom is -0.462 e. The number of nitrogens with one attached hydrogen (secondary N) is 1. The maximum absolute atomic E-state index is 13.8. The van der Waals surface area contributed by atoms with Crippen LogP contribution in [0.5, 0.6) is 0 Å². The molecule has 0 aromatic carbocycles. The third-order valence-electron chi connectivity index (χ3n) is 5.60. The van der Waals surface area contributed by atoms with Crippen molar-refractivity contribution in [2.75, 3.05) is 25.0 Å². The number of hydrogen-bond donors (Lipinski definition) is 1. The highest BCUT2D eigenvalue weighted by atomic mass is 19.4. The number of fused-ring (bicyclic) bond motifs is 1. The summed E-state index contributed by atoms with van der Waals surface area (Å²) < 4.78 is 47.1. The van der Waals surface area contributed by atoms with Crippen molar-refractivity contribution in [1.29, 1.82) is 0 Å². The number of alkyl halides is 3. The first-order valence-corrected chi connectivity index (χ1v) is 10.00. The van der Waals surface area contributed by atoms with Gasteiger partial charge in [0.2, 0.25) is 5.91 Å². The lowest BCUT2D eigenvalue weighted by atomic mass is 9.85. The van der Waals surface area contributed by atoms with Gasteiger partial charge >= 0.3 is 12.1 Å². The molecule has 1 amide bonds. The highest BCUT2D eigenvalue weighted by Gasteiger charge is 2.48. The summed E-state index contributed by atoms with van der Waals surface area (Å²) >= 11 is 0. The summed E-state index contributed by atoms with van der Waals surface area (Å²) in [7, 11) is 0. The number of hydrogen-bond acceptors (Lipinski definition) is 5. The van der Waals surface area contributed by atoms with E-state index in [1.165, 1.54) is 0 Å². The SMILES string of the molecule is CCOC(=O)c1cnn2c1N[C@H](C1CCCN(C(=O)C(C)C)C1)C[C@@H]2C(F)(F)F. The number of likely N-dealkylation sites (tertiary alicyclic amines) is 1. The summed E-state index contributed by atoms with van der Waals surface area (Å²) in [5.41, 5.74) is -0.00303. The van der Waals surface area contributed by atoms with Crippen LogP contribution in [0.4, 0.5) is 19.0 Å². The van der Waals surface area contributed by atoms with Crippen LogP contribution >= 0.6 is 0 Å². The molecule has 0 bridgehead atoms. The lowest BCUT2D eigenvalue weighted by Crippen LogP contribution is -2.50. The van der Waals surface area contributed by atoms with Crippen LogP contribution in [-0.4, -0.2) is 58.5 Å². The van der Waals surface area contributed by atoms with Crippen LogP contribution in [0.25, 0.3) is 0 Å². The fourth-order valence-corrected chi connectivity index (χ4v) is 4.16. The monoisotopic (exact) mass is 416 g/mol. The van der Waals surface area contributed by atoms with Gasteiger partial charge in [-0.1, -0.05) is 13.8 Å². The Bertz CT molecular complexity index is 762. The molecular weight excluding hydrogens is 389 g/mol. The number of esters is 1. The predicted octanol–water partition coefficient (Wildman–Crippen LogP) is 3.24. The van der Waals surface area contributed by atoms with Crippen molar-refractivity contribution < 1.29 is 27.5 Å². The molecule has 2 aliphatic rings. The smallest absolute Gasteiger partial charge is 0.410 e. The largest absolute Gasteiger partial charge is 0.462 e. The fraction of sp³-hybridized carbons (Fsp3) is 0.737. The second kappa shape index (κ2) is 8.23. The second-order valence-electron chi connectivity index (χ2n) is 7.96. The molecule has 2 aliphatic heterocycles. The molecule has 0 spiro atoms. The normalized spacial score (nSPS) is 24.8. The first kappa shape index (κ1) is 21.4. The maximum Gasteiger partial charge on any atom is 0.410 e. The molecule has 1 saturated heterocycles. The Morgan fingerprint density at radius 3 is 2.72 bits per heavy atom. The van der Waals surface area contributed by atoms with E-state index < -0.39 is 24.2 Å². The first-order valence-electron chi connectivity index (χ1n) is 10.00. The first-order chi connectivity index (χ1) is 13.6. The molecule has 1 fully saturated rings. The molecule has 1 N–H and O–H groups in total. The third-order valence-corrected chi connectivity index (χ3v) is 5.60. The van der Waals surface area contributed by atoms with Crippen molar-refractivity contribution in [1.82, 2.24) is 14.7 Å². The molecule has 10 heteroatoms. The fourth-order valence-electron chi connectivity index (χ4n) is 4.16. The van der Waals surface area contributed by atoms with E-state index in [4.69, 9.17) is 4.74 Å². The quantitative estimate of drug-likeness (QED) is 0.763. The Morgan fingerprint density at radius 2 is 2.10 bits per heavy atom. The number of nitrogens with zero attached hydrogens (tertiary/aromatic N) is 3. The molecule has 7 nitrogen and oxygen atoms in total. The van der Waals surface area contributed by atoms with E-state index in [-0.39, 0.29) is 42.2 Å². The average molecular weight is 416 g/mol. The van der Waals surface area contributed by atoms with Crippen LogP contribution in [0.3, 0.4) is 0 Å². The van der Waals surface area contributed by atoms with Gasteiger partial charge in [0.15, 0.2) is 6.04 Å². The van der Waals surface area contributed by atoms with Crippen molar-refractivity contribution in [2.45, 2.75) is 58.3 Å². The Morgan fingerprint density at radius 1 is 1.38 bits per heavy atom. The highest BCUT2D eigenvalue weighted by molar-refractivity contribution is 5.94. The van der Waals surface area contributed by atoms with Gasteiger partial charge in [0, 0.05) is 25.0 Å². The van der Waals surface area contributed by atoms with E-state index in [1.807, 2.05) is 13.8 Å². The summed E-state index contributed by atoms with van der Waals surface area (Å²) in [5.74, 6) is -0.963. The Hall–Kier alpha value is -2.26. The molecule has 29 heavy (non-hydrogen) atoms. The molecule has 162 valence electrons. The van der Waals surface area contributed by atoms with Crippen molar-refractivity contribution in [3.63, 3.8) is 0 Å². The second-order valence-corrected chi connectivity index (χ2v) is 7.96. The number of rotatable bonds is 4. The van der Waals surface area contributed by atoms with Gasteiger partial charge in [0.1, 0.15) is 11.4 Å². The van der Waals surface area contributed by atoms with Gasteiger partial charge in [-0.25, -0.2) is 9.48 Å². The van der Waals surface area contributed by atoms with Crippen molar-refractivity contribution >= 4 is 17.7 Å². The number of amides is 1. The summed E-state index contributed by atoms with van der Waals surface area (Å²) in [6.45, 7) is 6.40. The number of piperidine rings is 1. The number of carbonyl (C=O) groups is 2. The van der Waals surface area contributed by atoms with Crippen molar-refractivity contribution in [3.05, 3.63) is 11.8 Å². The molecule has 1 aromatic heterocycles. The van der Waals surface area contributed by atoms with E-state index in [9.17, 15) is 22.8 Å². The van der Waals surface area contributed by atoms with Gasteiger partial charge in [-0.3, -0.25) is 4.79 Å². The molecule has 0 radical (unpaired) electrons. The molecule has 0 saturated carbocycles. The van der Waals surface area contributed by atoms with Crippen molar-refractivity contribution in [2.24, 2.45) is 11.8 Å². The van der Waals surface area contributed by atoms with E-state index in [1.54, 1.807) is 11.8 Å². The minimum atomic E-state index is -4.50.